The van der Waals surface area contributed by atoms with Crippen LogP contribution in [-0.2, 0) is 19.1 Å². The van der Waals surface area contributed by atoms with Gasteiger partial charge in [0.05, 0.1) is 11.8 Å². The number of carbonyl (C=O) groups is 2. The van der Waals surface area contributed by atoms with Crippen molar-refractivity contribution in [2.75, 3.05) is 0 Å². The van der Waals surface area contributed by atoms with Crippen LogP contribution in [0.4, 0.5) is 0 Å². The lowest BCUT2D eigenvalue weighted by atomic mass is 9.82. The molecule has 4 heteroatoms. The fraction of sp³-hybridized carbons (Fsp3) is 0.857. The van der Waals surface area contributed by atoms with Crippen molar-refractivity contribution in [1.29, 1.82) is 0 Å². The predicted molar refractivity (Wildman–Crippen MR) is 67.8 cm³/mol. The van der Waals surface area contributed by atoms with Crippen molar-refractivity contribution in [2.45, 2.75) is 59.7 Å². The molecule has 3 atom stereocenters. The molecule has 1 fully saturated rings. The molecule has 1 aliphatic heterocycles. The molecule has 0 bridgehead atoms. The molecule has 0 N–H and O–H groups in total. The Morgan fingerprint density at radius 1 is 1.33 bits per heavy atom. The molecule has 0 aromatic heterocycles. The first-order valence-corrected chi connectivity index (χ1v) is 6.55. The van der Waals surface area contributed by atoms with Gasteiger partial charge in [0, 0.05) is 0 Å². The summed E-state index contributed by atoms with van der Waals surface area (Å²) in [6.07, 6.45) is 0.457. The van der Waals surface area contributed by atoms with E-state index in [-0.39, 0.29) is 29.9 Å². The highest BCUT2D eigenvalue weighted by molar-refractivity contribution is 5.80. The summed E-state index contributed by atoms with van der Waals surface area (Å²) in [5.41, 5.74) is -0.483. The molecule has 1 heterocycles. The van der Waals surface area contributed by atoms with Crippen molar-refractivity contribution in [2.24, 2.45) is 17.8 Å². The van der Waals surface area contributed by atoms with Gasteiger partial charge in [-0.15, -0.1) is 0 Å². The van der Waals surface area contributed by atoms with E-state index in [1.54, 1.807) is 6.92 Å². The molecular weight excluding hydrogens is 232 g/mol. The zero-order valence-electron chi connectivity index (χ0n) is 12.1. The van der Waals surface area contributed by atoms with Gasteiger partial charge in [-0.1, -0.05) is 20.8 Å². The normalized spacial score (nSPS) is 25.4. The highest BCUT2D eigenvalue weighted by Gasteiger charge is 2.45. The van der Waals surface area contributed by atoms with E-state index in [0.29, 0.717) is 12.3 Å². The number of esters is 2. The van der Waals surface area contributed by atoms with E-state index in [4.69, 9.17) is 9.47 Å². The summed E-state index contributed by atoms with van der Waals surface area (Å²) in [5, 5.41) is 0. The molecule has 0 aromatic carbocycles. The molecule has 0 unspecified atom stereocenters. The summed E-state index contributed by atoms with van der Waals surface area (Å²) in [5.74, 6) is -0.580. The van der Waals surface area contributed by atoms with E-state index < -0.39 is 5.60 Å². The van der Waals surface area contributed by atoms with Crippen molar-refractivity contribution < 1.29 is 19.1 Å². The Balaban J connectivity index is 2.51. The Kier molecular flexibility index (Phi) is 4.41. The average Bonchev–Trinajstić information content (AvgIpc) is 2.19. The zero-order valence-corrected chi connectivity index (χ0v) is 12.1. The highest BCUT2D eigenvalue weighted by atomic mass is 16.6. The van der Waals surface area contributed by atoms with Crippen LogP contribution in [0, 0.1) is 17.8 Å². The maximum Gasteiger partial charge on any atom is 0.313 e. The first kappa shape index (κ1) is 15.0. The number of cyclic esters (lactones) is 1. The lowest BCUT2D eigenvalue weighted by Crippen LogP contribution is -2.49. The smallest absolute Gasteiger partial charge is 0.313 e. The van der Waals surface area contributed by atoms with Gasteiger partial charge in [0.1, 0.15) is 11.7 Å². The molecule has 1 saturated heterocycles. The van der Waals surface area contributed by atoms with E-state index in [1.807, 2.05) is 34.6 Å². The number of ether oxygens (including phenoxy) is 2. The predicted octanol–water partition coefficient (Wildman–Crippen LogP) is 2.55. The molecule has 4 nitrogen and oxygen atoms in total. The number of rotatable bonds is 4. The topological polar surface area (TPSA) is 52.6 Å². The molecule has 18 heavy (non-hydrogen) atoms. The maximum absolute atomic E-state index is 11.8. The third kappa shape index (κ3) is 3.72. The van der Waals surface area contributed by atoms with Gasteiger partial charge in [-0.05, 0) is 33.1 Å². The monoisotopic (exact) mass is 256 g/mol. The van der Waals surface area contributed by atoms with Crippen molar-refractivity contribution >= 4 is 11.9 Å². The summed E-state index contributed by atoms with van der Waals surface area (Å²) >= 11 is 0. The fourth-order valence-corrected chi connectivity index (χ4v) is 2.08. The number of carbonyl (C=O) groups excluding carboxylic acids is 2. The van der Waals surface area contributed by atoms with Crippen molar-refractivity contribution in [3.8, 4) is 0 Å². The van der Waals surface area contributed by atoms with Crippen LogP contribution in [0.1, 0.15) is 48.0 Å². The Hall–Kier alpha value is -1.06. The second kappa shape index (κ2) is 5.29. The van der Waals surface area contributed by atoms with Gasteiger partial charge in [0.15, 0.2) is 0 Å². The van der Waals surface area contributed by atoms with Gasteiger partial charge < -0.3 is 9.47 Å². The third-order valence-corrected chi connectivity index (χ3v) is 3.03. The molecule has 1 rings (SSSR count). The van der Waals surface area contributed by atoms with Crippen LogP contribution in [0.15, 0.2) is 0 Å². The van der Waals surface area contributed by atoms with Crippen LogP contribution >= 0.6 is 0 Å². The number of hydrogen-bond acceptors (Lipinski definition) is 4. The van der Waals surface area contributed by atoms with Gasteiger partial charge in [-0.2, -0.15) is 0 Å². The Morgan fingerprint density at radius 3 is 2.28 bits per heavy atom. The van der Waals surface area contributed by atoms with Gasteiger partial charge in [0.25, 0.3) is 0 Å². The average molecular weight is 256 g/mol. The Morgan fingerprint density at radius 2 is 1.89 bits per heavy atom. The molecule has 0 saturated carbocycles. The lowest BCUT2D eigenvalue weighted by Gasteiger charge is -2.38. The summed E-state index contributed by atoms with van der Waals surface area (Å²) in [7, 11) is 0. The number of hydrogen-bond donors (Lipinski definition) is 0. The lowest BCUT2D eigenvalue weighted by molar-refractivity contribution is -0.193. The highest BCUT2D eigenvalue weighted by Crippen LogP contribution is 2.33. The molecule has 1 aliphatic rings. The van der Waals surface area contributed by atoms with E-state index in [9.17, 15) is 9.59 Å². The van der Waals surface area contributed by atoms with Gasteiger partial charge in [-0.3, -0.25) is 9.59 Å². The minimum atomic E-state index is -0.483. The molecule has 104 valence electrons. The van der Waals surface area contributed by atoms with E-state index >= 15 is 0 Å². The third-order valence-electron chi connectivity index (χ3n) is 3.03. The van der Waals surface area contributed by atoms with E-state index in [2.05, 4.69) is 0 Å². The van der Waals surface area contributed by atoms with Crippen molar-refractivity contribution in [3.63, 3.8) is 0 Å². The van der Waals surface area contributed by atoms with Crippen LogP contribution < -0.4 is 0 Å². The fourth-order valence-electron chi connectivity index (χ4n) is 2.08. The summed E-state index contributed by atoms with van der Waals surface area (Å²) < 4.78 is 10.4. The van der Waals surface area contributed by atoms with E-state index in [1.165, 1.54) is 0 Å². The summed E-state index contributed by atoms with van der Waals surface area (Å²) in [6.45, 7) is 11.4. The minimum absolute atomic E-state index is 0.0533. The van der Waals surface area contributed by atoms with Crippen LogP contribution in [-0.4, -0.2) is 23.6 Å². The van der Waals surface area contributed by atoms with Gasteiger partial charge >= 0.3 is 11.9 Å². The van der Waals surface area contributed by atoms with Gasteiger partial charge in [-0.25, -0.2) is 0 Å². The van der Waals surface area contributed by atoms with E-state index in [0.717, 1.165) is 0 Å². The largest absolute Gasteiger partial charge is 0.461 e. The zero-order chi connectivity index (χ0) is 14.1. The molecule has 0 amide bonds. The second-order valence-corrected chi connectivity index (χ2v) is 6.42. The van der Waals surface area contributed by atoms with Crippen molar-refractivity contribution in [1.82, 2.24) is 0 Å². The second-order valence-electron chi connectivity index (χ2n) is 6.42. The van der Waals surface area contributed by atoms with Crippen LogP contribution in [0.2, 0.25) is 0 Å². The first-order valence-electron chi connectivity index (χ1n) is 6.55. The van der Waals surface area contributed by atoms with Gasteiger partial charge in [0.2, 0.25) is 0 Å². The SMILES string of the molecule is CC(C)[C@H]1OC(=O)[C@@H]1C[C@H](C)C(=O)OC(C)(C)C. The van der Waals surface area contributed by atoms with Crippen LogP contribution in [0.25, 0.3) is 0 Å². The molecule has 0 aromatic rings. The molecular formula is C14H24O4. The summed E-state index contributed by atoms with van der Waals surface area (Å²) in [4.78, 5) is 23.3. The Bertz CT molecular complexity index is 327. The molecule has 0 aliphatic carbocycles. The summed E-state index contributed by atoms with van der Waals surface area (Å²) in [6, 6.07) is 0. The standard InChI is InChI=1S/C14H24O4/c1-8(2)11-10(13(16)17-11)7-9(3)12(15)18-14(4,5)6/h8-11H,7H2,1-6H3/t9-,10+,11+/m0/s1. The first-order chi connectivity index (χ1) is 8.11. The Labute approximate surface area is 109 Å². The van der Waals surface area contributed by atoms with Crippen LogP contribution in [0.3, 0.4) is 0 Å². The molecule has 0 spiro atoms. The van der Waals surface area contributed by atoms with Crippen molar-refractivity contribution in [3.05, 3.63) is 0 Å². The molecule has 0 radical (unpaired) electrons. The minimum Gasteiger partial charge on any atom is -0.461 e. The van der Waals surface area contributed by atoms with Crippen LogP contribution in [0.5, 0.6) is 0 Å². The quantitative estimate of drug-likeness (QED) is 0.725. The maximum atomic E-state index is 11.8.